The smallest absolute Gasteiger partial charge is 0.138 e. The number of rotatable bonds is 2. The fourth-order valence-corrected chi connectivity index (χ4v) is 4.00. The molecule has 136 valence electrons. The van der Waals surface area contributed by atoms with Gasteiger partial charge in [-0.3, -0.25) is 4.40 Å². The number of benzene rings is 3. The third kappa shape index (κ3) is 2.52. The number of hydrogen-bond acceptors (Lipinski definition) is 2. The molecule has 29 heavy (non-hydrogen) atoms. The Bertz CT molecular complexity index is 1480. The summed E-state index contributed by atoms with van der Waals surface area (Å²) < 4.78 is 2.18. The molecule has 6 aromatic rings. The predicted octanol–water partition coefficient (Wildman–Crippen LogP) is 6.37. The van der Waals surface area contributed by atoms with E-state index in [1.807, 2.05) is 24.3 Å². The maximum Gasteiger partial charge on any atom is 0.138 e. The summed E-state index contributed by atoms with van der Waals surface area (Å²) >= 11 is 0. The van der Waals surface area contributed by atoms with Gasteiger partial charge >= 0.3 is 0 Å². The normalized spacial score (nSPS) is 11.4. The van der Waals surface area contributed by atoms with Gasteiger partial charge in [-0.05, 0) is 29.3 Å². The number of fused-ring (bicyclic) bond motifs is 5. The van der Waals surface area contributed by atoms with Crippen LogP contribution in [0.1, 0.15) is 0 Å². The first-order valence-electron chi connectivity index (χ1n) is 9.70. The van der Waals surface area contributed by atoms with Crippen molar-refractivity contribution in [3.8, 4) is 22.4 Å². The third-order valence-electron chi connectivity index (χ3n) is 5.39. The van der Waals surface area contributed by atoms with Crippen LogP contribution in [0.15, 0.2) is 103 Å². The number of aromatic nitrogens is 3. The lowest BCUT2D eigenvalue weighted by Gasteiger charge is -2.08. The summed E-state index contributed by atoms with van der Waals surface area (Å²) in [6, 6.07) is 33.2. The van der Waals surface area contributed by atoms with Crippen molar-refractivity contribution in [2.45, 2.75) is 0 Å². The molecule has 0 unspecified atom stereocenters. The summed E-state index contributed by atoms with van der Waals surface area (Å²) in [5.74, 6) is 0. The van der Waals surface area contributed by atoms with Crippen LogP contribution in [0.5, 0.6) is 0 Å². The molecule has 0 saturated carbocycles. The van der Waals surface area contributed by atoms with Gasteiger partial charge in [0, 0.05) is 17.1 Å². The molecule has 0 radical (unpaired) electrons. The van der Waals surface area contributed by atoms with Crippen molar-refractivity contribution < 1.29 is 0 Å². The number of hydrogen-bond donors (Lipinski definition) is 0. The monoisotopic (exact) mass is 371 g/mol. The fourth-order valence-electron chi connectivity index (χ4n) is 4.00. The van der Waals surface area contributed by atoms with Gasteiger partial charge in [-0.15, -0.1) is 0 Å². The van der Waals surface area contributed by atoms with E-state index in [2.05, 4.69) is 83.4 Å². The third-order valence-corrected chi connectivity index (χ3v) is 5.39. The summed E-state index contributed by atoms with van der Waals surface area (Å²) in [4.78, 5) is 10.0. The van der Waals surface area contributed by atoms with Gasteiger partial charge in [-0.1, -0.05) is 78.9 Å². The van der Waals surface area contributed by atoms with Crippen molar-refractivity contribution in [2.75, 3.05) is 0 Å². The Morgan fingerprint density at radius 2 is 1.24 bits per heavy atom. The molecule has 0 aliphatic heterocycles. The van der Waals surface area contributed by atoms with Crippen LogP contribution in [0.25, 0.3) is 50.0 Å². The summed E-state index contributed by atoms with van der Waals surface area (Å²) in [6.45, 7) is 0. The minimum atomic E-state index is 0.926. The predicted molar refractivity (Wildman–Crippen MR) is 119 cm³/mol. The molecular formula is C26H17N3. The molecule has 3 aromatic heterocycles. The second-order valence-corrected chi connectivity index (χ2v) is 7.16. The van der Waals surface area contributed by atoms with Crippen LogP contribution in [0.4, 0.5) is 0 Å². The minimum Gasteiger partial charge on any atom is -0.297 e. The Morgan fingerprint density at radius 1 is 0.552 bits per heavy atom. The van der Waals surface area contributed by atoms with Gasteiger partial charge in [0.25, 0.3) is 0 Å². The van der Waals surface area contributed by atoms with Gasteiger partial charge < -0.3 is 0 Å². The highest BCUT2D eigenvalue weighted by Gasteiger charge is 2.16. The number of para-hydroxylation sites is 1. The topological polar surface area (TPSA) is 30.2 Å². The second-order valence-electron chi connectivity index (χ2n) is 7.16. The highest BCUT2D eigenvalue weighted by molar-refractivity contribution is 6.09. The molecule has 0 N–H and O–H groups in total. The van der Waals surface area contributed by atoms with Crippen LogP contribution in [0, 0.1) is 0 Å². The Balaban J connectivity index is 1.76. The van der Waals surface area contributed by atoms with Crippen LogP contribution in [0.3, 0.4) is 0 Å². The van der Waals surface area contributed by atoms with Gasteiger partial charge in [0.2, 0.25) is 0 Å². The van der Waals surface area contributed by atoms with Crippen molar-refractivity contribution in [1.29, 1.82) is 0 Å². The van der Waals surface area contributed by atoms with E-state index in [0.717, 1.165) is 44.4 Å². The number of nitrogens with zero attached hydrogens (tertiary/aromatic N) is 3. The second kappa shape index (κ2) is 6.28. The maximum absolute atomic E-state index is 5.04. The zero-order chi connectivity index (χ0) is 19.2. The summed E-state index contributed by atoms with van der Waals surface area (Å²) in [5.41, 5.74) is 8.31. The zero-order valence-corrected chi connectivity index (χ0v) is 15.7. The van der Waals surface area contributed by atoms with E-state index in [1.165, 1.54) is 5.56 Å². The lowest BCUT2D eigenvalue weighted by atomic mass is 10.1. The van der Waals surface area contributed by atoms with E-state index in [4.69, 9.17) is 9.97 Å². The summed E-state index contributed by atoms with van der Waals surface area (Å²) in [6.07, 6.45) is 2.17. The molecule has 0 fully saturated rings. The van der Waals surface area contributed by atoms with Crippen LogP contribution >= 0.6 is 0 Å². The Hall–Kier alpha value is -3.98. The van der Waals surface area contributed by atoms with E-state index in [0.29, 0.717) is 0 Å². The SMILES string of the molecule is c1ccc(-c2ccc3nc4c5ccccc5nc(-c5ccccc5)c4n3c2)cc1. The van der Waals surface area contributed by atoms with Gasteiger partial charge in [0.15, 0.2) is 0 Å². The molecule has 3 aromatic carbocycles. The van der Waals surface area contributed by atoms with E-state index < -0.39 is 0 Å². The lowest BCUT2D eigenvalue weighted by Crippen LogP contribution is -1.92. The van der Waals surface area contributed by atoms with Gasteiger partial charge in [-0.25, -0.2) is 9.97 Å². The van der Waals surface area contributed by atoms with Crippen LogP contribution in [-0.4, -0.2) is 14.4 Å². The van der Waals surface area contributed by atoms with Crippen molar-refractivity contribution >= 4 is 27.6 Å². The summed E-state index contributed by atoms with van der Waals surface area (Å²) in [7, 11) is 0. The van der Waals surface area contributed by atoms with Gasteiger partial charge in [0.1, 0.15) is 11.2 Å². The molecule has 3 heterocycles. The molecule has 0 aliphatic carbocycles. The van der Waals surface area contributed by atoms with Crippen LogP contribution < -0.4 is 0 Å². The molecule has 0 spiro atoms. The van der Waals surface area contributed by atoms with E-state index >= 15 is 0 Å². The molecule has 0 saturated heterocycles. The Labute approximate surface area is 167 Å². The molecule has 6 rings (SSSR count). The van der Waals surface area contributed by atoms with Crippen LogP contribution in [0.2, 0.25) is 0 Å². The van der Waals surface area contributed by atoms with Crippen molar-refractivity contribution in [2.24, 2.45) is 0 Å². The van der Waals surface area contributed by atoms with Crippen LogP contribution in [-0.2, 0) is 0 Å². The molecular weight excluding hydrogens is 354 g/mol. The number of pyridine rings is 2. The largest absolute Gasteiger partial charge is 0.297 e. The van der Waals surface area contributed by atoms with E-state index in [9.17, 15) is 0 Å². The van der Waals surface area contributed by atoms with Gasteiger partial charge in [-0.2, -0.15) is 0 Å². The van der Waals surface area contributed by atoms with Crippen molar-refractivity contribution in [1.82, 2.24) is 14.4 Å². The van der Waals surface area contributed by atoms with Crippen molar-refractivity contribution in [3.63, 3.8) is 0 Å². The van der Waals surface area contributed by atoms with E-state index in [1.54, 1.807) is 0 Å². The first-order valence-corrected chi connectivity index (χ1v) is 9.70. The first kappa shape index (κ1) is 16.0. The molecule has 0 atom stereocenters. The first-order chi connectivity index (χ1) is 14.4. The summed E-state index contributed by atoms with van der Waals surface area (Å²) in [5, 5.41) is 1.08. The molecule has 0 amide bonds. The molecule has 3 heteroatoms. The Kier molecular flexibility index (Phi) is 3.47. The quantitative estimate of drug-likeness (QED) is 0.354. The highest BCUT2D eigenvalue weighted by Crippen LogP contribution is 2.33. The zero-order valence-electron chi connectivity index (χ0n) is 15.7. The average Bonchev–Trinajstić information content (AvgIpc) is 3.19. The molecule has 0 bridgehead atoms. The Morgan fingerprint density at radius 3 is 2.03 bits per heavy atom. The maximum atomic E-state index is 5.04. The van der Waals surface area contributed by atoms with Gasteiger partial charge in [0.05, 0.1) is 16.7 Å². The molecule has 3 nitrogen and oxygen atoms in total. The lowest BCUT2D eigenvalue weighted by molar-refractivity contribution is 1.22. The molecule has 0 aliphatic rings. The average molecular weight is 371 g/mol. The minimum absolute atomic E-state index is 0.926. The van der Waals surface area contributed by atoms with Crippen molar-refractivity contribution in [3.05, 3.63) is 103 Å². The highest BCUT2D eigenvalue weighted by atomic mass is 15.0. The fraction of sp³-hybridized carbons (Fsp3) is 0. The number of imidazole rings is 1. The standard InChI is InChI=1S/C26H17N3/c1-3-9-18(10-4-1)20-15-16-23-28-25-21-13-7-8-14-22(21)27-24(26(25)29(23)17-20)19-11-5-2-6-12-19/h1-17H. The van der Waals surface area contributed by atoms with E-state index in [-0.39, 0.29) is 0 Å².